The Kier molecular flexibility index (Phi) is 5.20. The lowest BCUT2D eigenvalue weighted by Gasteiger charge is -2.10. The summed E-state index contributed by atoms with van der Waals surface area (Å²) in [6, 6.07) is 18.6. The molecule has 7 nitrogen and oxygen atoms in total. The maximum absolute atomic E-state index is 12.5. The number of sulfonamides is 1. The van der Waals surface area contributed by atoms with E-state index in [2.05, 4.69) is 4.72 Å². The zero-order chi connectivity index (χ0) is 19.4. The lowest BCUT2D eigenvalue weighted by atomic mass is 10.0. The van der Waals surface area contributed by atoms with E-state index in [1.807, 2.05) is 0 Å². The van der Waals surface area contributed by atoms with Crippen molar-refractivity contribution >= 4 is 21.4 Å². The van der Waals surface area contributed by atoms with E-state index < -0.39 is 14.9 Å². The Morgan fingerprint density at radius 2 is 1.67 bits per heavy atom. The molecule has 0 radical (unpaired) electrons. The van der Waals surface area contributed by atoms with Crippen LogP contribution in [0.4, 0.5) is 11.4 Å². The molecule has 138 valence electrons. The van der Waals surface area contributed by atoms with E-state index in [4.69, 9.17) is 5.11 Å². The molecule has 3 aromatic carbocycles. The van der Waals surface area contributed by atoms with Crippen molar-refractivity contribution < 1.29 is 18.4 Å². The van der Waals surface area contributed by atoms with Crippen LogP contribution in [0.2, 0.25) is 0 Å². The molecule has 3 rings (SSSR count). The first-order valence-corrected chi connectivity index (χ1v) is 9.45. The lowest BCUT2D eigenvalue weighted by molar-refractivity contribution is -0.384. The van der Waals surface area contributed by atoms with E-state index in [9.17, 15) is 18.5 Å². The normalized spacial score (nSPS) is 11.1. The number of aliphatic hydroxyl groups is 1. The minimum Gasteiger partial charge on any atom is -0.392 e. The zero-order valence-corrected chi connectivity index (χ0v) is 14.9. The van der Waals surface area contributed by atoms with Gasteiger partial charge in [0, 0.05) is 11.8 Å². The molecular weight excluding hydrogens is 368 g/mol. The molecule has 0 saturated heterocycles. The molecule has 0 heterocycles. The maximum Gasteiger partial charge on any atom is 0.277 e. The first-order chi connectivity index (χ1) is 12.9. The number of rotatable bonds is 6. The Balaban J connectivity index is 1.89. The molecule has 0 aliphatic carbocycles. The van der Waals surface area contributed by atoms with E-state index in [0.717, 1.165) is 0 Å². The molecule has 0 aliphatic rings. The molecule has 0 aliphatic heterocycles. The van der Waals surface area contributed by atoms with Crippen molar-refractivity contribution in [1.29, 1.82) is 0 Å². The van der Waals surface area contributed by atoms with Gasteiger partial charge in [-0.1, -0.05) is 36.4 Å². The Hall–Kier alpha value is -3.23. The highest BCUT2D eigenvalue weighted by Gasteiger charge is 2.17. The van der Waals surface area contributed by atoms with Crippen LogP contribution in [-0.2, 0) is 16.6 Å². The van der Waals surface area contributed by atoms with Crippen molar-refractivity contribution in [3.8, 4) is 11.1 Å². The van der Waals surface area contributed by atoms with Gasteiger partial charge in [-0.25, -0.2) is 8.42 Å². The molecule has 0 saturated carbocycles. The van der Waals surface area contributed by atoms with Gasteiger partial charge in [0.1, 0.15) is 0 Å². The van der Waals surface area contributed by atoms with Crippen molar-refractivity contribution in [3.05, 3.63) is 88.5 Å². The molecule has 0 fully saturated rings. The second kappa shape index (κ2) is 7.56. The molecule has 0 aromatic heterocycles. The predicted octanol–water partition coefficient (Wildman–Crippen LogP) is 3.55. The summed E-state index contributed by atoms with van der Waals surface area (Å²) in [6.45, 7) is -0.194. The number of nitrogens with one attached hydrogen (secondary N) is 1. The highest BCUT2D eigenvalue weighted by atomic mass is 32.2. The number of nitrogens with zero attached hydrogens (tertiary/aromatic N) is 1. The first-order valence-electron chi connectivity index (χ1n) is 7.97. The number of hydrogen-bond acceptors (Lipinski definition) is 5. The van der Waals surface area contributed by atoms with Crippen LogP contribution in [0.15, 0.2) is 77.7 Å². The molecule has 0 atom stereocenters. The van der Waals surface area contributed by atoms with Crippen LogP contribution in [0.5, 0.6) is 0 Å². The van der Waals surface area contributed by atoms with E-state index in [-0.39, 0.29) is 17.2 Å². The topological polar surface area (TPSA) is 110 Å². The fraction of sp³-hybridized carbons (Fsp3) is 0.0526. The van der Waals surface area contributed by atoms with Gasteiger partial charge in [-0.2, -0.15) is 0 Å². The molecule has 0 spiro atoms. The van der Waals surface area contributed by atoms with Gasteiger partial charge < -0.3 is 5.11 Å². The summed E-state index contributed by atoms with van der Waals surface area (Å²) in [5, 5.41) is 20.3. The summed E-state index contributed by atoms with van der Waals surface area (Å²) in [4.78, 5) is 10.7. The third-order valence-corrected chi connectivity index (χ3v) is 5.34. The van der Waals surface area contributed by atoms with Gasteiger partial charge in [-0.15, -0.1) is 0 Å². The number of aliphatic hydroxyl groups excluding tert-OH is 1. The van der Waals surface area contributed by atoms with Crippen LogP contribution in [0.25, 0.3) is 11.1 Å². The van der Waals surface area contributed by atoms with Gasteiger partial charge in [0.25, 0.3) is 15.7 Å². The smallest absolute Gasteiger partial charge is 0.277 e. The third-order valence-electron chi connectivity index (χ3n) is 3.94. The summed E-state index contributed by atoms with van der Waals surface area (Å²) in [6.07, 6.45) is 0. The molecular formula is C19H16N2O5S. The van der Waals surface area contributed by atoms with Gasteiger partial charge in [-0.05, 0) is 41.5 Å². The van der Waals surface area contributed by atoms with Gasteiger partial charge in [0.15, 0.2) is 0 Å². The molecule has 0 amide bonds. The third kappa shape index (κ3) is 4.13. The lowest BCUT2D eigenvalue weighted by Crippen LogP contribution is -2.13. The molecule has 0 bridgehead atoms. The second-order valence-corrected chi connectivity index (χ2v) is 7.45. The number of nitro groups is 1. The number of nitro benzene ring substituents is 1. The van der Waals surface area contributed by atoms with Crippen LogP contribution in [-0.4, -0.2) is 18.4 Å². The Labute approximate surface area is 156 Å². The van der Waals surface area contributed by atoms with Crippen LogP contribution in [0.1, 0.15) is 5.56 Å². The standard InChI is InChI=1S/C19H16N2O5S/c22-13-14-4-3-5-16(12-14)20-27(25,26)17-10-8-15(9-11-17)18-6-1-2-7-19(18)21(23)24/h1-12,20,22H,13H2. The van der Waals surface area contributed by atoms with Crippen LogP contribution in [0.3, 0.4) is 0 Å². The Bertz CT molecular complexity index is 1080. The maximum atomic E-state index is 12.5. The fourth-order valence-electron chi connectivity index (χ4n) is 2.64. The van der Waals surface area contributed by atoms with Crippen LogP contribution >= 0.6 is 0 Å². The summed E-state index contributed by atoms with van der Waals surface area (Å²) in [5.41, 5.74) is 1.83. The first kappa shape index (κ1) is 18.6. The molecule has 3 aromatic rings. The predicted molar refractivity (Wildman–Crippen MR) is 102 cm³/mol. The van der Waals surface area contributed by atoms with Crippen molar-refractivity contribution in [3.63, 3.8) is 0 Å². The largest absolute Gasteiger partial charge is 0.392 e. The van der Waals surface area contributed by atoms with Crippen molar-refractivity contribution in [1.82, 2.24) is 0 Å². The molecule has 2 N–H and O–H groups in total. The molecule has 0 unspecified atom stereocenters. The average molecular weight is 384 g/mol. The summed E-state index contributed by atoms with van der Waals surface area (Å²) >= 11 is 0. The highest BCUT2D eigenvalue weighted by molar-refractivity contribution is 7.92. The Morgan fingerprint density at radius 1 is 0.963 bits per heavy atom. The van der Waals surface area contributed by atoms with Crippen LogP contribution < -0.4 is 4.72 Å². The summed E-state index contributed by atoms with van der Waals surface area (Å²) < 4.78 is 27.5. The molecule has 8 heteroatoms. The van der Waals surface area contributed by atoms with E-state index >= 15 is 0 Å². The van der Waals surface area contributed by atoms with E-state index in [0.29, 0.717) is 22.4 Å². The van der Waals surface area contributed by atoms with E-state index in [1.54, 1.807) is 42.5 Å². The van der Waals surface area contributed by atoms with Crippen LogP contribution in [0, 0.1) is 10.1 Å². The fourth-order valence-corrected chi connectivity index (χ4v) is 3.69. The average Bonchev–Trinajstić information content (AvgIpc) is 2.68. The summed E-state index contributed by atoms with van der Waals surface area (Å²) in [5.74, 6) is 0. The number of anilines is 1. The van der Waals surface area contributed by atoms with Crippen molar-refractivity contribution in [2.75, 3.05) is 4.72 Å². The monoisotopic (exact) mass is 384 g/mol. The van der Waals surface area contributed by atoms with Gasteiger partial charge in [0.2, 0.25) is 0 Å². The van der Waals surface area contributed by atoms with Gasteiger partial charge in [-0.3, -0.25) is 14.8 Å². The molecule has 27 heavy (non-hydrogen) atoms. The Morgan fingerprint density at radius 3 is 2.33 bits per heavy atom. The number of hydrogen-bond donors (Lipinski definition) is 2. The van der Waals surface area contributed by atoms with Crippen molar-refractivity contribution in [2.24, 2.45) is 0 Å². The SMILES string of the molecule is O=[N+]([O-])c1ccccc1-c1ccc(S(=O)(=O)Nc2cccc(CO)c2)cc1. The van der Waals surface area contributed by atoms with Gasteiger partial charge >= 0.3 is 0 Å². The second-order valence-electron chi connectivity index (χ2n) is 5.76. The number of para-hydroxylation sites is 1. The minimum atomic E-state index is -3.83. The van der Waals surface area contributed by atoms with E-state index in [1.165, 1.54) is 30.3 Å². The number of benzene rings is 3. The van der Waals surface area contributed by atoms with Crippen molar-refractivity contribution in [2.45, 2.75) is 11.5 Å². The summed E-state index contributed by atoms with van der Waals surface area (Å²) in [7, 11) is -3.83. The van der Waals surface area contributed by atoms with Gasteiger partial charge in [0.05, 0.1) is 22.0 Å². The minimum absolute atomic E-state index is 0.0271. The quantitative estimate of drug-likeness (QED) is 0.499. The zero-order valence-electron chi connectivity index (χ0n) is 14.1. The highest BCUT2D eigenvalue weighted by Crippen LogP contribution is 2.30.